The highest BCUT2D eigenvalue weighted by molar-refractivity contribution is 5.33. The Hall–Kier alpha value is -1.88. The zero-order valence-electron chi connectivity index (χ0n) is 11.2. The monoisotopic (exact) mass is 263 g/mol. The summed E-state index contributed by atoms with van der Waals surface area (Å²) in [6.45, 7) is 3.53. The minimum Gasteiger partial charge on any atom is -0.454 e. The van der Waals surface area contributed by atoms with Gasteiger partial charge in [-0.1, -0.05) is 6.92 Å². The van der Waals surface area contributed by atoms with Crippen molar-refractivity contribution in [2.75, 3.05) is 7.05 Å². The zero-order valence-corrected chi connectivity index (χ0v) is 11.2. The number of nitrogens with zero attached hydrogens (tertiary/aromatic N) is 2. The zero-order chi connectivity index (χ0) is 13.7. The van der Waals surface area contributed by atoms with E-state index in [1.54, 1.807) is 6.20 Å². The SMILES string of the molecule is CCCn1cc(Oc2cc(F)cc(CNC)c2)cn1. The molecule has 4 nitrogen and oxygen atoms in total. The first-order valence-corrected chi connectivity index (χ1v) is 6.35. The molecule has 0 spiro atoms. The molecular formula is C14H18FN3O. The van der Waals surface area contributed by atoms with Gasteiger partial charge in [-0.2, -0.15) is 5.10 Å². The summed E-state index contributed by atoms with van der Waals surface area (Å²) in [5.74, 6) is 0.805. The predicted octanol–water partition coefficient (Wildman–Crippen LogP) is 2.94. The number of halogens is 1. The topological polar surface area (TPSA) is 39.1 Å². The lowest BCUT2D eigenvalue weighted by Crippen LogP contribution is -2.05. The third kappa shape index (κ3) is 3.79. The van der Waals surface area contributed by atoms with Crippen molar-refractivity contribution in [3.8, 4) is 11.5 Å². The first-order valence-electron chi connectivity index (χ1n) is 6.35. The van der Waals surface area contributed by atoms with E-state index < -0.39 is 0 Å². The van der Waals surface area contributed by atoms with Crippen LogP contribution >= 0.6 is 0 Å². The summed E-state index contributed by atoms with van der Waals surface area (Å²) in [5.41, 5.74) is 0.846. The van der Waals surface area contributed by atoms with Crippen molar-refractivity contribution in [1.29, 1.82) is 0 Å². The van der Waals surface area contributed by atoms with E-state index >= 15 is 0 Å². The Balaban J connectivity index is 2.12. The smallest absolute Gasteiger partial charge is 0.165 e. The molecule has 1 N–H and O–H groups in total. The van der Waals surface area contributed by atoms with Crippen LogP contribution in [0.4, 0.5) is 4.39 Å². The number of aromatic nitrogens is 2. The van der Waals surface area contributed by atoms with Crippen LogP contribution < -0.4 is 10.1 Å². The molecule has 1 heterocycles. The molecular weight excluding hydrogens is 245 g/mol. The third-order valence-electron chi connectivity index (χ3n) is 2.61. The average molecular weight is 263 g/mol. The van der Waals surface area contributed by atoms with Crippen molar-refractivity contribution in [1.82, 2.24) is 15.1 Å². The van der Waals surface area contributed by atoms with Gasteiger partial charge in [0.05, 0.1) is 12.4 Å². The van der Waals surface area contributed by atoms with Crippen LogP contribution in [-0.2, 0) is 13.1 Å². The van der Waals surface area contributed by atoms with Crippen LogP contribution in [0.3, 0.4) is 0 Å². The predicted molar refractivity (Wildman–Crippen MR) is 71.8 cm³/mol. The molecule has 1 aromatic carbocycles. The van der Waals surface area contributed by atoms with E-state index in [-0.39, 0.29) is 5.82 Å². The van der Waals surface area contributed by atoms with Crippen LogP contribution in [-0.4, -0.2) is 16.8 Å². The first kappa shape index (κ1) is 13.5. The van der Waals surface area contributed by atoms with Crippen LogP contribution in [0, 0.1) is 5.82 Å². The van der Waals surface area contributed by atoms with Gasteiger partial charge in [-0.25, -0.2) is 4.39 Å². The lowest BCUT2D eigenvalue weighted by atomic mass is 10.2. The molecule has 1 aromatic heterocycles. The highest BCUT2D eigenvalue weighted by Gasteiger charge is 2.05. The van der Waals surface area contributed by atoms with Gasteiger partial charge in [0.15, 0.2) is 5.75 Å². The molecule has 0 fully saturated rings. The standard InChI is InChI=1S/C14H18FN3O/c1-3-4-18-10-14(9-17-18)19-13-6-11(8-16-2)5-12(15)7-13/h5-7,9-10,16H,3-4,8H2,1-2H3. The molecule has 5 heteroatoms. The molecule has 0 saturated heterocycles. The number of benzene rings is 1. The summed E-state index contributed by atoms with van der Waals surface area (Å²) in [5, 5.41) is 7.15. The number of aryl methyl sites for hydroxylation is 1. The molecule has 102 valence electrons. The van der Waals surface area contributed by atoms with Gasteiger partial charge in [0, 0.05) is 19.2 Å². The van der Waals surface area contributed by atoms with Gasteiger partial charge in [0.2, 0.25) is 0 Å². The maximum Gasteiger partial charge on any atom is 0.165 e. The second kappa shape index (κ2) is 6.33. The maximum atomic E-state index is 13.5. The van der Waals surface area contributed by atoms with Gasteiger partial charge in [0.25, 0.3) is 0 Å². The maximum absolute atomic E-state index is 13.5. The molecule has 19 heavy (non-hydrogen) atoms. The second-order valence-corrected chi connectivity index (χ2v) is 4.37. The average Bonchev–Trinajstić information content (AvgIpc) is 2.76. The number of rotatable bonds is 6. The van der Waals surface area contributed by atoms with Crippen LogP contribution in [0.2, 0.25) is 0 Å². The van der Waals surface area contributed by atoms with Crippen molar-refractivity contribution < 1.29 is 9.13 Å². The molecule has 0 unspecified atom stereocenters. The Kier molecular flexibility index (Phi) is 4.52. The van der Waals surface area contributed by atoms with Crippen LogP contribution in [0.1, 0.15) is 18.9 Å². The normalized spacial score (nSPS) is 10.7. The highest BCUT2D eigenvalue weighted by atomic mass is 19.1. The van der Waals surface area contributed by atoms with E-state index in [0.717, 1.165) is 18.5 Å². The van der Waals surface area contributed by atoms with E-state index in [2.05, 4.69) is 17.3 Å². The van der Waals surface area contributed by atoms with E-state index in [1.165, 1.54) is 12.1 Å². The van der Waals surface area contributed by atoms with E-state index in [9.17, 15) is 4.39 Å². The summed E-state index contributed by atoms with van der Waals surface area (Å²) in [4.78, 5) is 0. The van der Waals surface area contributed by atoms with Gasteiger partial charge in [-0.15, -0.1) is 0 Å². The second-order valence-electron chi connectivity index (χ2n) is 4.37. The minimum atomic E-state index is -0.302. The van der Waals surface area contributed by atoms with Gasteiger partial charge in [-0.3, -0.25) is 4.68 Å². The van der Waals surface area contributed by atoms with Crippen molar-refractivity contribution in [2.24, 2.45) is 0 Å². The highest BCUT2D eigenvalue weighted by Crippen LogP contribution is 2.23. The van der Waals surface area contributed by atoms with Crippen LogP contribution in [0.5, 0.6) is 11.5 Å². The van der Waals surface area contributed by atoms with Crippen molar-refractivity contribution in [3.63, 3.8) is 0 Å². The summed E-state index contributed by atoms with van der Waals surface area (Å²) < 4.78 is 20.9. The number of hydrogen-bond donors (Lipinski definition) is 1. The number of ether oxygens (including phenoxy) is 1. The molecule has 0 aliphatic carbocycles. The summed E-state index contributed by atoms with van der Waals surface area (Å²) >= 11 is 0. The van der Waals surface area contributed by atoms with Gasteiger partial charge < -0.3 is 10.1 Å². The lowest BCUT2D eigenvalue weighted by molar-refractivity contribution is 0.473. The summed E-state index contributed by atoms with van der Waals surface area (Å²) in [7, 11) is 1.82. The van der Waals surface area contributed by atoms with Gasteiger partial charge in [0.1, 0.15) is 11.6 Å². The first-order chi connectivity index (χ1) is 9.21. The van der Waals surface area contributed by atoms with Crippen LogP contribution in [0.15, 0.2) is 30.6 Å². The molecule has 2 rings (SSSR count). The molecule has 0 bridgehead atoms. The van der Waals surface area contributed by atoms with Crippen molar-refractivity contribution >= 4 is 0 Å². The summed E-state index contributed by atoms with van der Waals surface area (Å²) in [6.07, 6.45) is 4.46. The van der Waals surface area contributed by atoms with Crippen molar-refractivity contribution in [3.05, 3.63) is 42.0 Å². The molecule has 0 amide bonds. The Morgan fingerprint density at radius 2 is 2.16 bits per heavy atom. The van der Waals surface area contributed by atoms with Crippen LogP contribution in [0.25, 0.3) is 0 Å². The minimum absolute atomic E-state index is 0.302. The fourth-order valence-corrected chi connectivity index (χ4v) is 1.87. The molecule has 0 radical (unpaired) electrons. The fraction of sp³-hybridized carbons (Fsp3) is 0.357. The molecule has 0 atom stereocenters. The quantitative estimate of drug-likeness (QED) is 0.871. The third-order valence-corrected chi connectivity index (χ3v) is 2.61. The Morgan fingerprint density at radius 3 is 2.89 bits per heavy atom. The van der Waals surface area contributed by atoms with E-state index in [4.69, 9.17) is 4.74 Å². The lowest BCUT2D eigenvalue weighted by Gasteiger charge is -2.06. The summed E-state index contributed by atoms with van der Waals surface area (Å²) in [6, 6.07) is 4.68. The van der Waals surface area contributed by atoms with Gasteiger partial charge >= 0.3 is 0 Å². The number of hydrogen-bond acceptors (Lipinski definition) is 3. The van der Waals surface area contributed by atoms with E-state index in [1.807, 2.05) is 24.0 Å². The molecule has 0 aliphatic rings. The molecule has 2 aromatic rings. The fourth-order valence-electron chi connectivity index (χ4n) is 1.87. The van der Waals surface area contributed by atoms with Gasteiger partial charge in [-0.05, 0) is 31.2 Å². The van der Waals surface area contributed by atoms with E-state index in [0.29, 0.717) is 18.0 Å². The molecule has 0 aliphatic heterocycles. The molecule has 0 saturated carbocycles. The Bertz CT molecular complexity index is 539. The Morgan fingerprint density at radius 1 is 1.32 bits per heavy atom. The largest absolute Gasteiger partial charge is 0.454 e. The Labute approximate surface area is 112 Å². The number of nitrogens with one attached hydrogen (secondary N) is 1. The van der Waals surface area contributed by atoms with Crippen molar-refractivity contribution in [2.45, 2.75) is 26.4 Å².